The summed E-state index contributed by atoms with van der Waals surface area (Å²) >= 11 is 1.86. The fourth-order valence-corrected chi connectivity index (χ4v) is 13.8. The van der Waals surface area contributed by atoms with Crippen LogP contribution in [0.2, 0.25) is 13.1 Å². The molecule has 0 N–H and O–H groups in total. The van der Waals surface area contributed by atoms with Gasteiger partial charge in [-0.1, -0.05) is 134 Å². The lowest BCUT2D eigenvalue weighted by Crippen LogP contribution is -2.49. The number of fused-ring (bicyclic) bond motifs is 13. The molecule has 11 aromatic rings. The highest BCUT2D eigenvalue weighted by atomic mass is 32.1. The molecular weight excluding hydrogens is 715 g/mol. The minimum Gasteiger partial charge on any atom is -0.455 e. The summed E-state index contributed by atoms with van der Waals surface area (Å²) in [5.41, 5.74) is 10.6. The average Bonchev–Trinajstić information content (AvgIpc) is 3.88. The Labute approximate surface area is 329 Å². The van der Waals surface area contributed by atoms with Gasteiger partial charge in [-0.05, 0) is 103 Å². The van der Waals surface area contributed by atoms with Gasteiger partial charge in [-0.25, -0.2) is 0 Å². The van der Waals surface area contributed by atoms with E-state index in [9.17, 15) is 0 Å². The normalized spacial score (nSPS) is 13.3. The molecule has 0 atom stereocenters. The van der Waals surface area contributed by atoms with Crippen molar-refractivity contribution in [3.05, 3.63) is 176 Å². The van der Waals surface area contributed by atoms with Gasteiger partial charge in [0.15, 0.2) is 0 Å². The molecule has 3 heterocycles. The summed E-state index contributed by atoms with van der Waals surface area (Å²) in [5, 5.41) is 12.8. The van der Waals surface area contributed by atoms with E-state index >= 15 is 0 Å². The number of hydrogen-bond acceptors (Lipinski definition) is 3. The summed E-state index contributed by atoms with van der Waals surface area (Å²) in [6.07, 6.45) is 0. The van der Waals surface area contributed by atoms with Gasteiger partial charge in [-0.15, -0.1) is 11.3 Å². The minimum atomic E-state index is -1.80. The maximum absolute atomic E-state index is 6.61. The van der Waals surface area contributed by atoms with E-state index in [1.165, 1.54) is 85.4 Å². The monoisotopic (exact) mass is 749 g/mol. The predicted molar refractivity (Wildman–Crippen MR) is 244 cm³/mol. The number of furan rings is 1. The van der Waals surface area contributed by atoms with Crippen LogP contribution >= 0.6 is 11.3 Å². The van der Waals surface area contributed by atoms with Crippen molar-refractivity contribution >= 4 is 111 Å². The summed E-state index contributed by atoms with van der Waals surface area (Å²) < 4.78 is 9.14. The number of nitrogens with zero attached hydrogens (tertiary/aromatic N) is 1. The molecule has 1 aliphatic rings. The van der Waals surface area contributed by atoms with E-state index in [1.54, 1.807) is 0 Å². The molecule has 2 nitrogen and oxygen atoms in total. The third-order valence-corrected chi connectivity index (χ3v) is 16.9. The van der Waals surface area contributed by atoms with Crippen molar-refractivity contribution in [1.29, 1.82) is 0 Å². The van der Waals surface area contributed by atoms with Crippen LogP contribution in [0.1, 0.15) is 0 Å². The standard InChI is InChI=1S/C52H35NOSSi/c1-56(2)48-17-8-7-15-41(48)44-30-36(24-29-49(44)56)53(35-21-18-34(19-22-35)39-16-9-12-32-10-3-5-13-38(32)39)37-23-26-42-47(31-37)55-46-28-27-45-50(51(42)46)43-25-20-33-11-4-6-14-40(33)52(43)54-45/h3-31H,1-2H3. The summed E-state index contributed by atoms with van der Waals surface area (Å²) in [4.78, 5) is 2.45. The maximum atomic E-state index is 6.61. The lowest BCUT2D eigenvalue weighted by molar-refractivity contribution is 0.673. The van der Waals surface area contributed by atoms with E-state index in [2.05, 4.69) is 194 Å². The molecule has 12 rings (SSSR count). The SMILES string of the molecule is C[Si]1(C)c2ccccc2-c2cc(N(c3ccc(-c4cccc5ccccc45)cc3)c3ccc4c(c3)sc3ccc5oc6c7ccccc7ccc6c5c34)ccc21. The average molecular weight is 750 g/mol. The van der Waals surface area contributed by atoms with Crippen LogP contribution in [0.4, 0.5) is 17.1 Å². The Morgan fingerprint density at radius 2 is 1.11 bits per heavy atom. The molecule has 0 fully saturated rings. The molecule has 4 heteroatoms. The van der Waals surface area contributed by atoms with Crippen LogP contribution in [0.25, 0.3) is 85.9 Å². The minimum absolute atomic E-state index is 0.936. The van der Waals surface area contributed by atoms with Gasteiger partial charge in [0.1, 0.15) is 19.2 Å². The molecule has 0 aliphatic carbocycles. The second-order valence-corrected chi connectivity index (χ2v) is 21.1. The predicted octanol–water partition coefficient (Wildman–Crippen LogP) is 14.2. The Kier molecular flexibility index (Phi) is 6.69. The Balaban J connectivity index is 1.05. The van der Waals surface area contributed by atoms with Crippen LogP contribution in [0, 0.1) is 0 Å². The second-order valence-electron chi connectivity index (χ2n) is 15.7. The van der Waals surface area contributed by atoms with Gasteiger partial charge in [-0.2, -0.15) is 0 Å². The van der Waals surface area contributed by atoms with E-state index in [-0.39, 0.29) is 0 Å². The quantitative estimate of drug-likeness (QED) is 0.167. The van der Waals surface area contributed by atoms with Crippen molar-refractivity contribution in [3.63, 3.8) is 0 Å². The van der Waals surface area contributed by atoms with Crippen LogP contribution < -0.4 is 15.3 Å². The number of thiophene rings is 1. The number of rotatable bonds is 4. The highest BCUT2D eigenvalue weighted by Crippen LogP contribution is 2.46. The van der Waals surface area contributed by atoms with Crippen molar-refractivity contribution in [3.8, 4) is 22.3 Å². The lowest BCUT2D eigenvalue weighted by Gasteiger charge is -2.27. The Morgan fingerprint density at radius 3 is 1.98 bits per heavy atom. The third kappa shape index (κ3) is 4.54. The van der Waals surface area contributed by atoms with Crippen LogP contribution in [0.5, 0.6) is 0 Å². The molecule has 0 amide bonds. The van der Waals surface area contributed by atoms with Crippen LogP contribution in [0.15, 0.2) is 180 Å². The lowest BCUT2D eigenvalue weighted by atomic mass is 9.98. The van der Waals surface area contributed by atoms with Crippen molar-refractivity contribution in [2.45, 2.75) is 13.1 Å². The van der Waals surface area contributed by atoms with Gasteiger partial charge < -0.3 is 9.32 Å². The topological polar surface area (TPSA) is 16.4 Å². The highest BCUT2D eigenvalue weighted by molar-refractivity contribution is 7.26. The van der Waals surface area contributed by atoms with Gasteiger partial charge >= 0.3 is 0 Å². The van der Waals surface area contributed by atoms with Crippen LogP contribution in [-0.4, -0.2) is 8.07 Å². The summed E-state index contributed by atoms with van der Waals surface area (Å²) in [6, 6.07) is 65.0. The first-order valence-corrected chi connectivity index (χ1v) is 23.1. The first kappa shape index (κ1) is 31.8. The molecular formula is C52H35NOSSi. The van der Waals surface area contributed by atoms with Gasteiger partial charge in [0.25, 0.3) is 0 Å². The maximum Gasteiger partial charge on any atom is 0.143 e. The van der Waals surface area contributed by atoms with E-state index in [0.717, 1.165) is 27.9 Å². The van der Waals surface area contributed by atoms with Crippen LogP contribution in [-0.2, 0) is 0 Å². The van der Waals surface area contributed by atoms with Gasteiger partial charge in [0.2, 0.25) is 0 Å². The zero-order valence-corrected chi connectivity index (χ0v) is 32.8. The Hall–Kier alpha value is -6.46. The van der Waals surface area contributed by atoms with Crippen molar-refractivity contribution in [2.24, 2.45) is 0 Å². The molecule has 2 aromatic heterocycles. The highest BCUT2D eigenvalue weighted by Gasteiger charge is 2.37. The van der Waals surface area contributed by atoms with Crippen LogP contribution in [0.3, 0.4) is 0 Å². The first-order chi connectivity index (χ1) is 27.5. The summed E-state index contributed by atoms with van der Waals surface area (Å²) in [6.45, 7) is 4.97. The molecule has 0 radical (unpaired) electrons. The van der Waals surface area contributed by atoms with E-state index < -0.39 is 8.07 Å². The molecule has 0 spiro atoms. The molecule has 1 aliphatic heterocycles. The third-order valence-electron chi connectivity index (χ3n) is 12.3. The first-order valence-electron chi connectivity index (χ1n) is 19.3. The number of benzene rings is 9. The molecule has 0 saturated heterocycles. The number of hydrogen-bond donors (Lipinski definition) is 0. The molecule has 56 heavy (non-hydrogen) atoms. The van der Waals surface area contributed by atoms with Crippen molar-refractivity contribution in [2.75, 3.05) is 4.90 Å². The molecule has 0 unspecified atom stereocenters. The van der Waals surface area contributed by atoms with E-state index in [0.29, 0.717) is 0 Å². The Bertz CT molecular complexity index is 3400. The fraction of sp³-hybridized carbons (Fsp3) is 0.0385. The van der Waals surface area contributed by atoms with E-state index in [1.807, 2.05) is 11.3 Å². The fourth-order valence-electron chi connectivity index (χ4n) is 9.55. The number of anilines is 3. The van der Waals surface area contributed by atoms with E-state index in [4.69, 9.17) is 4.42 Å². The van der Waals surface area contributed by atoms with Gasteiger partial charge in [-0.3, -0.25) is 0 Å². The molecule has 264 valence electrons. The second kappa shape index (κ2) is 11.8. The van der Waals surface area contributed by atoms with Gasteiger partial charge in [0.05, 0.1) is 0 Å². The smallest absolute Gasteiger partial charge is 0.143 e. The molecule has 0 bridgehead atoms. The van der Waals surface area contributed by atoms with Crippen molar-refractivity contribution < 1.29 is 4.42 Å². The zero-order chi connectivity index (χ0) is 37.1. The molecule has 0 saturated carbocycles. The zero-order valence-electron chi connectivity index (χ0n) is 31.0. The Morgan fingerprint density at radius 1 is 0.446 bits per heavy atom. The summed E-state index contributed by atoms with van der Waals surface area (Å²) in [7, 11) is -1.80. The summed E-state index contributed by atoms with van der Waals surface area (Å²) in [5.74, 6) is 0. The van der Waals surface area contributed by atoms with Crippen molar-refractivity contribution in [1.82, 2.24) is 0 Å². The van der Waals surface area contributed by atoms with Gasteiger partial charge in [0, 0.05) is 53.4 Å². The molecule has 9 aromatic carbocycles. The largest absolute Gasteiger partial charge is 0.455 e.